The average molecular weight is 355 g/mol. The predicted octanol–water partition coefficient (Wildman–Crippen LogP) is 2.94. The summed E-state index contributed by atoms with van der Waals surface area (Å²) in [5.41, 5.74) is 0.431. The van der Waals surface area contributed by atoms with Gasteiger partial charge in [-0.2, -0.15) is 0 Å². The molecule has 0 atom stereocenters. The molecule has 7 nitrogen and oxygen atoms in total. The van der Waals surface area contributed by atoms with Crippen LogP contribution < -0.4 is 5.32 Å². The third-order valence-corrected chi connectivity index (χ3v) is 4.18. The molecule has 0 saturated heterocycles. The molecule has 2 rings (SSSR count). The number of hydrogen-bond donors (Lipinski definition) is 2. The molecule has 0 aliphatic carbocycles. The Hall–Kier alpha value is -2.06. The van der Waals surface area contributed by atoms with Gasteiger partial charge in [0.15, 0.2) is 5.16 Å². The number of carboxylic acid groups (broad SMARTS) is 1. The van der Waals surface area contributed by atoms with E-state index in [2.05, 4.69) is 15.5 Å². The lowest BCUT2D eigenvalue weighted by atomic mass is 10.2. The molecule has 0 unspecified atom stereocenters. The van der Waals surface area contributed by atoms with Crippen molar-refractivity contribution in [3.8, 4) is 0 Å². The molecule has 0 spiro atoms. The molecular weight excluding hydrogens is 340 g/mol. The molecule has 0 aliphatic heterocycles. The van der Waals surface area contributed by atoms with Crippen molar-refractivity contribution in [2.24, 2.45) is 0 Å². The third kappa shape index (κ3) is 4.46. The second kappa shape index (κ2) is 7.47. The molecule has 23 heavy (non-hydrogen) atoms. The third-order valence-electron chi connectivity index (χ3n) is 2.91. The average Bonchev–Trinajstić information content (AvgIpc) is 2.93. The van der Waals surface area contributed by atoms with Gasteiger partial charge in [-0.25, -0.2) is 4.79 Å². The number of halogens is 1. The highest BCUT2D eigenvalue weighted by Gasteiger charge is 2.12. The van der Waals surface area contributed by atoms with Gasteiger partial charge in [0.2, 0.25) is 5.91 Å². The monoisotopic (exact) mass is 354 g/mol. The normalized spacial score (nSPS) is 10.8. The van der Waals surface area contributed by atoms with Crippen LogP contribution in [0.15, 0.2) is 29.7 Å². The van der Waals surface area contributed by atoms with Gasteiger partial charge in [-0.15, -0.1) is 10.2 Å². The number of nitrogens with one attached hydrogen (secondary N) is 1. The molecule has 1 amide bonds. The summed E-state index contributed by atoms with van der Waals surface area (Å²) in [5, 5.41) is 20.1. The highest BCUT2D eigenvalue weighted by Crippen LogP contribution is 2.22. The number of hydrogen-bond acceptors (Lipinski definition) is 5. The number of carboxylic acids is 1. The van der Waals surface area contributed by atoms with E-state index in [1.165, 1.54) is 30.0 Å². The lowest BCUT2D eigenvalue weighted by Gasteiger charge is -2.10. The van der Waals surface area contributed by atoms with E-state index < -0.39 is 5.97 Å². The van der Waals surface area contributed by atoms with Crippen LogP contribution in [-0.2, 0) is 4.79 Å². The van der Waals surface area contributed by atoms with Crippen molar-refractivity contribution in [2.75, 3.05) is 11.1 Å². The maximum atomic E-state index is 12.0. The Morgan fingerprint density at radius 2 is 2.17 bits per heavy atom. The van der Waals surface area contributed by atoms with Gasteiger partial charge >= 0.3 is 5.97 Å². The van der Waals surface area contributed by atoms with Crippen LogP contribution in [0.4, 0.5) is 5.69 Å². The number of anilines is 1. The summed E-state index contributed by atoms with van der Waals surface area (Å²) in [4.78, 5) is 22.9. The number of benzene rings is 1. The Morgan fingerprint density at radius 3 is 2.78 bits per heavy atom. The van der Waals surface area contributed by atoms with Gasteiger partial charge in [0.25, 0.3) is 0 Å². The summed E-state index contributed by atoms with van der Waals surface area (Å²) in [7, 11) is 0. The van der Waals surface area contributed by atoms with E-state index in [0.717, 1.165) is 0 Å². The summed E-state index contributed by atoms with van der Waals surface area (Å²) < 4.78 is 1.87. The summed E-state index contributed by atoms with van der Waals surface area (Å²) >= 11 is 7.13. The van der Waals surface area contributed by atoms with Crippen LogP contribution in [0.1, 0.15) is 30.2 Å². The molecule has 9 heteroatoms. The van der Waals surface area contributed by atoms with Crippen molar-refractivity contribution in [1.29, 1.82) is 0 Å². The zero-order chi connectivity index (χ0) is 17.0. The fourth-order valence-corrected chi connectivity index (χ4v) is 2.89. The van der Waals surface area contributed by atoms with Gasteiger partial charge in [0.1, 0.15) is 6.33 Å². The topological polar surface area (TPSA) is 97.1 Å². The highest BCUT2D eigenvalue weighted by atomic mass is 35.5. The van der Waals surface area contributed by atoms with Crippen molar-refractivity contribution in [2.45, 2.75) is 25.0 Å². The number of thioether (sulfide) groups is 1. The maximum absolute atomic E-state index is 12.0. The van der Waals surface area contributed by atoms with E-state index in [9.17, 15) is 9.59 Å². The van der Waals surface area contributed by atoms with Crippen LogP contribution in [0, 0.1) is 0 Å². The number of carbonyl (C=O) groups is 2. The van der Waals surface area contributed by atoms with E-state index in [1.54, 1.807) is 6.33 Å². The van der Waals surface area contributed by atoms with Gasteiger partial charge in [-0.05, 0) is 32.0 Å². The summed E-state index contributed by atoms with van der Waals surface area (Å²) in [6, 6.07) is 4.46. The van der Waals surface area contributed by atoms with Crippen molar-refractivity contribution >= 4 is 40.9 Å². The Morgan fingerprint density at radius 1 is 1.43 bits per heavy atom. The smallest absolute Gasteiger partial charge is 0.337 e. The molecule has 0 fully saturated rings. The SMILES string of the molecule is CC(C)n1cnnc1SCC(=O)Nc1ccc(C(=O)O)c(Cl)c1. The first-order chi connectivity index (χ1) is 10.9. The van der Waals surface area contributed by atoms with E-state index in [1.807, 2.05) is 18.4 Å². The Bertz CT molecular complexity index is 733. The highest BCUT2D eigenvalue weighted by molar-refractivity contribution is 7.99. The first-order valence-electron chi connectivity index (χ1n) is 6.73. The number of aromatic nitrogens is 3. The minimum Gasteiger partial charge on any atom is -0.478 e. The fraction of sp³-hybridized carbons (Fsp3) is 0.286. The standard InChI is InChI=1S/C14H15ClN4O3S/c1-8(2)19-7-16-18-14(19)23-6-12(20)17-9-3-4-10(13(21)22)11(15)5-9/h3-5,7-8H,6H2,1-2H3,(H,17,20)(H,21,22). The lowest BCUT2D eigenvalue weighted by molar-refractivity contribution is -0.113. The van der Waals surface area contributed by atoms with Crippen LogP contribution in [0.2, 0.25) is 5.02 Å². The molecule has 2 aromatic rings. The van der Waals surface area contributed by atoms with Crippen molar-refractivity contribution < 1.29 is 14.7 Å². The molecule has 1 aromatic carbocycles. The van der Waals surface area contributed by atoms with Crippen LogP contribution in [0.3, 0.4) is 0 Å². The molecule has 1 heterocycles. The molecule has 122 valence electrons. The van der Waals surface area contributed by atoms with Gasteiger partial charge in [-0.1, -0.05) is 23.4 Å². The van der Waals surface area contributed by atoms with Crippen molar-refractivity contribution in [3.63, 3.8) is 0 Å². The fourth-order valence-electron chi connectivity index (χ4n) is 1.78. The largest absolute Gasteiger partial charge is 0.478 e. The van der Waals surface area contributed by atoms with Gasteiger partial charge in [0.05, 0.1) is 16.3 Å². The number of aromatic carboxylic acids is 1. The van der Waals surface area contributed by atoms with Gasteiger partial charge in [-0.3, -0.25) is 4.79 Å². The van der Waals surface area contributed by atoms with E-state index in [0.29, 0.717) is 10.8 Å². The summed E-state index contributed by atoms with van der Waals surface area (Å²) in [6.07, 6.45) is 1.62. The number of nitrogens with zero attached hydrogens (tertiary/aromatic N) is 3. The Labute approximate surface area is 142 Å². The maximum Gasteiger partial charge on any atom is 0.337 e. The molecule has 1 aromatic heterocycles. The minimum absolute atomic E-state index is 0.0101. The molecule has 0 radical (unpaired) electrons. The predicted molar refractivity (Wildman–Crippen MR) is 88.2 cm³/mol. The lowest BCUT2D eigenvalue weighted by Crippen LogP contribution is -2.15. The van der Waals surface area contributed by atoms with Crippen LogP contribution >= 0.6 is 23.4 Å². The van der Waals surface area contributed by atoms with Crippen LogP contribution in [0.5, 0.6) is 0 Å². The van der Waals surface area contributed by atoms with Crippen molar-refractivity contribution in [3.05, 3.63) is 35.1 Å². The van der Waals surface area contributed by atoms with Gasteiger partial charge < -0.3 is 15.0 Å². The molecule has 0 saturated carbocycles. The number of amides is 1. The first-order valence-corrected chi connectivity index (χ1v) is 8.10. The van der Waals surface area contributed by atoms with Gasteiger partial charge in [0, 0.05) is 11.7 Å². The first kappa shape index (κ1) is 17.3. The molecule has 0 bridgehead atoms. The minimum atomic E-state index is -1.11. The zero-order valence-electron chi connectivity index (χ0n) is 12.5. The van der Waals surface area contributed by atoms with E-state index in [-0.39, 0.29) is 28.3 Å². The van der Waals surface area contributed by atoms with Crippen molar-refractivity contribution in [1.82, 2.24) is 14.8 Å². The Kier molecular flexibility index (Phi) is 5.62. The Balaban J connectivity index is 1.96. The molecular formula is C14H15ClN4O3S. The van der Waals surface area contributed by atoms with Crippen LogP contribution in [0.25, 0.3) is 0 Å². The molecule has 2 N–H and O–H groups in total. The number of rotatable bonds is 6. The second-order valence-electron chi connectivity index (χ2n) is 4.95. The summed E-state index contributed by atoms with van der Waals surface area (Å²) in [6.45, 7) is 4.00. The number of carbonyl (C=O) groups excluding carboxylic acids is 1. The quantitative estimate of drug-likeness (QED) is 0.774. The van der Waals surface area contributed by atoms with E-state index >= 15 is 0 Å². The summed E-state index contributed by atoms with van der Waals surface area (Å²) in [5.74, 6) is -1.20. The van der Waals surface area contributed by atoms with E-state index in [4.69, 9.17) is 16.7 Å². The zero-order valence-corrected chi connectivity index (χ0v) is 14.1. The van der Waals surface area contributed by atoms with Crippen LogP contribution in [-0.4, -0.2) is 37.5 Å². The second-order valence-corrected chi connectivity index (χ2v) is 6.30. The molecule has 0 aliphatic rings.